The molecule has 4 atom stereocenters. The van der Waals surface area contributed by atoms with Crippen molar-refractivity contribution in [1.29, 1.82) is 0 Å². The summed E-state index contributed by atoms with van der Waals surface area (Å²) in [5.74, 6) is 0.253. The quantitative estimate of drug-likeness (QED) is 0.888. The lowest BCUT2D eigenvalue weighted by atomic mass is 9.97. The molecule has 2 amide bonds. The standard InChI is InChI=1S/C18H24F3N3O2/c1-12-16(18(19,20)21)26-10-9-24(12)17(25)23-15-7-4-5-13(15)11-14-6-2-3-8-22-14/h2-3,6,8,12-13,15-16H,4-5,7,9-11H2,1H3,(H,23,25)/t12-,13?,15?,16-/m1/s1. The van der Waals surface area contributed by atoms with Crippen molar-refractivity contribution >= 4 is 6.03 Å². The van der Waals surface area contributed by atoms with Gasteiger partial charge in [-0.05, 0) is 44.2 Å². The molecule has 2 unspecified atom stereocenters. The number of nitrogens with one attached hydrogen (secondary N) is 1. The first-order valence-electron chi connectivity index (χ1n) is 9.01. The lowest BCUT2D eigenvalue weighted by Gasteiger charge is -2.40. The number of aromatic nitrogens is 1. The third-order valence-electron chi connectivity index (χ3n) is 5.31. The Morgan fingerprint density at radius 1 is 1.38 bits per heavy atom. The van der Waals surface area contributed by atoms with Gasteiger partial charge in [0.1, 0.15) is 0 Å². The van der Waals surface area contributed by atoms with Crippen LogP contribution in [0.25, 0.3) is 0 Å². The van der Waals surface area contributed by atoms with Crippen LogP contribution in [0.2, 0.25) is 0 Å². The Bertz CT molecular complexity index is 611. The molecule has 144 valence electrons. The fourth-order valence-corrected chi connectivity index (χ4v) is 3.94. The van der Waals surface area contributed by atoms with Crippen molar-refractivity contribution in [1.82, 2.24) is 15.2 Å². The van der Waals surface area contributed by atoms with Gasteiger partial charge in [0, 0.05) is 24.5 Å². The molecule has 0 aromatic carbocycles. The summed E-state index contributed by atoms with van der Waals surface area (Å²) < 4.78 is 44.0. The highest BCUT2D eigenvalue weighted by Gasteiger charge is 2.49. The van der Waals surface area contributed by atoms with Crippen molar-refractivity contribution in [2.45, 2.75) is 57.0 Å². The molecule has 1 aliphatic carbocycles. The van der Waals surface area contributed by atoms with Crippen LogP contribution in [0.5, 0.6) is 0 Å². The number of pyridine rings is 1. The zero-order chi connectivity index (χ0) is 18.7. The number of carbonyl (C=O) groups excluding carboxylic acids is 1. The van der Waals surface area contributed by atoms with Gasteiger partial charge in [-0.25, -0.2) is 4.79 Å². The number of halogens is 3. The highest BCUT2D eigenvalue weighted by molar-refractivity contribution is 5.75. The second-order valence-corrected chi connectivity index (χ2v) is 7.04. The number of urea groups is 1. The molecule has 2 aliphatic rings. The minimum Gasteiger partial charge on any atom is -0.365 e. The van der Waals surface area contributed by atoms with Crippen LogP contribution in [-0.4, -0.2) is 53.4 Å². The monoisotopic (exact) mass is 371 g/mol. The third-order valence-corrected chi connectivity index (χ3v) is 5.31. The summed E-state index contributed by atoms with van der Waals surface area (Å²) in [4.78, 5) is 18.2. The van der Waals surface area contributed by atoms with Gasteiger partial charge in [0.05, 0.1) is 12.6 Å². The molecular formula is C18H24F3N3O2. The first-order chi connectivity index (χ1) is 12.4. The molecule has 8 heteroatoms. The van der Waals surface area contributed by atoms with E-state index in [1.54, 1.807) is 6.20 Å². The Labute approximate surface area is 150 Å². The van der Waals surface area contributed by atoms with E-state index in [2.05, 4.69) is 10.3 Å². The lowest BCUT2D eigenvalue weighted by molar-refractivity contribution is -0.246. The average Bonchev–Trinajstić information content (AvgIpc) is 3.01. The van der Waals surface area contributed by atoms with Gasteiger partial charge in [-0.15, -0.1) is 0 Å². The summed E-state index contributed by atoms with van der Waals surface area (Å²) in [6.07, 6.45) is -1.11. The molecule has 0 spiro atoms. The highest BCUT2D eigenvalue weighted by atomic mass is 19.4. The van der Waals surface area contributed by atoms with Gasteiger partial charge in [-0.1, -0.05) is 12.5 Å². The number of amides is 2. The number of ether oxygens (including phenoxy) is 1. The van der Waals surface area contributed by atoms with E-state index < -0.39 is 24.4 Å². The second kappa shape index (κ2) is 7.82. The number of morpholine rings is 1. The maximum Gasteiger partial charge on any atom is 0.416 e. The van der Waals surface area contributed by atoms with Gasteiger partial charge in [0.15, 0.2) is 6.10 Å². The molecule has 2 fully saturated rings. The van der Waals surface area contributed by atoms with Gasteiger partial charge in [0.25, 0.3) is 0 Å². The summed E-state index contributed by atoms with van der Waals surface area (Å²) >= 11 is 0. The number of hydrogen-bond donors (Lipinski definition) is 1. The van der Waals surface area contributed by atoms with E-state index in [0.717, 1.165) is 31.4 Å². The van der Waals surface area contributed by atoms with Crippen molar-refractivity contribution in [3.05, 3.63) is 30.1 Å². The van der Waals surface area contributed by atoms with Crippen LogP contribution in [0.3, 0.4) is 0 Å². The average molecular weight is 371 g/mol. The Balaban J connectivity index is 1.61. The van der Waals surface area contributed by atoms with Crippen molar-refractivity contribution in [2.75, 3.05) is 13.2 Å². The molecule has 2 heterocycles. The molecule has 1 N–H and O–H groups in total. The maximum absolute atomic E-state index is 13.0. The van der Waals surface area contributed by atoms with Crippen molar-refractivity contribution in [3.63, 3.8) is 0 Å². The Kier molecular flexibility index (Phi) is 5.70. The van der Waals surface area contributed by atoms with E-state index in [1.165, 1.54) is 11.8 Å². The zero-order valence-electron chi connectivity index (χ0n) is 14.7. The maximum atomic E-state index is 13.0. The molecule has 1 aromatic heterocycles. The van der Waals surface area contributed by atoms with E-state index in [-0.39, 0.29) is 25.1 Å². The molecule has 1 saturated carbocycles. The molecule has 0 bridgehead atoms. The fourth-order valence-electron chi connectivity index (χ4n) is 3.94. The van der Waals surface area contributed by atoms with Gasteiger partial charge < -0.3 is 15.0 Å². The fraction of sp³-hybridized carbons (Fsp3) is 0.667. The lowest BCUT2D eigenvalue weighted by Crippen LogP contribution is -2.60. The normalized spacial score (nSPS) is 29.6. The van der Waals surface area contributed by atoms with E-state index in [4.69, 9.17) is 4.74 Å². The summed E-state index contributed by atoms with van der Waals surface area (Å²) in [7, 11) is 0. The predicted octanol–water partition coefficient (Wildman–Crippen LogP) is 3.15. The van der Waals surface area contributed by atoms with Crippen LogP contribution >= 0.6 is 0 Å². The summed E-state index contributed by atoms with van der Waals surface area (Å²) in [5.41, 5.74) is 0.968. The topological polar surface area (TPSA) is 54.5 Å². The van der Waals surface area contributed by atoms with Gasteiger partial charge >= 0.3 is 12.2 Å². The molecule has 1 saturated heterocycles. The molecule has 3 rings (SSSR count). The number of nitrogens with zero attached hydrogens (tertiary/aromatic N) is 2. The van der Waals surface area contributed by atoms with Gasteiger partial charge in [-0.3, -0.25) is 4.98 Å². The SMILES string of the molecule is C[C@@H]1[C@H](C(F)(F)F)OCCN1C(=O)NC1CCCC1Cc1ccccn1. The largest absolute Gasteiger partial charge is 0.416 e. The number of rotatable bonds is 3. The van der Waals surface area contributed by atoms with E-state index in [1.807, 2.05) is 18.2 Å². The van der Waals surface area contributed by atoms with Crippen LogP contribution in [0.15, 0.2) is 24.4 Å². The minimum atomic E-state index is -4.48. The summed E-state index contributed by atoms with van der Waals surface area (Å²) in [6.45, 7) is 1.44. The zero-order valence-corrected chi connectivity index (χ0v) is 14.7. The van der Waals surface area contributed by atoms with Crippen LogP contribution in [0.1, 0.15) is 31.9 Å². The molecule has 26 heavy (non-hydrogen) atoms. The predicted molar refractivity (Wildman–Crippen MR) is 89.6 cm³/mol. The first kappa shape index (κ1) is 18.9. The molecule has 1 aromatic rings. The van der Waals surface area contributed by atoms with E-state index in [9.17, 15) is 18.0 Å². The molecular weight excluding hydrogens is 347 g/mol. The van der Waals surface area contributed by atoms with Crippen LogP contribution in [0, 0.1) is 5.92 Å². The molecule has 5 nitrogen and oxygen atoms in total. The van der Waals surface area contributed by atoms with Crippen molar-refractivity contribution in [2.24, 2.45) is 5.92 Å². The smallest absolute Gasteiger partial charge is 0.365 e. The summed E-state index contributed by atoms with van der Waals surface area (Å²) in [6, 6.07) is 4.22. The second-order valence-electron chi connectivity index (χ2n) is 7.04. The Morgan fingerprint density at radius 2 is 2.19 bits per heavy atom. The third kappa shape index (κ3) is 4.28. The highest BCUT2D eigenvalue weighted by Crippen LogP contribution is 2.31. The summed E-state index contributed by atoms with van der Waals surface area (Å²) in [5, 5.41) is 2.96. The Morgan fingerprint density at radius 3 is 2.88 bits per heavy atom. The number of hydrogen-bond acceptors (Lipinski definition) is 3. The molecule has 1 aliphatic heterocycles. The first-order valence-corrected chi connectivity index (χ1v) is 9.01. The Hall–Kier alpha value is -1.83. The van der Waals surface area contributed by atoms with Crippen LogP contribution in [0.4, 0.5) is 18.0 Å². The number of alkyl halides is 3. The van der Waals surface area contributed by atoms with Gasteiger partial charge in [-0.2, -0.15) is 13.2 Å². The van der Waals surface area contributed by atoms with Gasteiger partial charge in [0.2, 0.25) is 0 Å². The van der Waals surface area contributed by atoms with Crippen molar-refractivity contribution in [3.8, 4) is 0 Å². The van der Waals surface area contributed by atoms with Crippen LogP contribution in [-0.2, 0) is 11.2 Å². The number of carbonyl (C=O) groups is 1. The van der Waals surface area contributed by atoms with E-state index >= 15 is 0 Å². The van der Waals surface area contributed by atoms with Crippen molar-refractivity contribution < 1.29 is 22.7 Å². The van der Waals surface area contributed by atoms with Crippen LogP contribution < -0.4 is 5.32 Å². The van der Waals surface area contributed by atoms with E-state index in [0.29, 0.717) is 0 Å². The molecule has 0 radical (unpaired) electrons. The minimum absolute atomic E-state index is 0.0381.